The highest BCUT2D eigenvalue weighted by molar-refractivity contribution is 5.97. The summed E-state index contributed by atoms with van der Waals surface area (Å²) >= 11 is 0. The van der Waals surface area contributed by atoms with Gasteiger partial charge in [0.2, 0.25) is 5.82 Å². The second kappa shape index (κ2) is 6.56. The number of halogens is 5. The highest BCUT2D eigenvalue weighted by Gasteiger charge is 2.26. The second-order valence-corrected chi connectivity index (χ2v) is 5.21. The van der Waals surface area contributed by atoms with Crippen LogP contribution in [0.1, 0.15) is 24.8 Å². The Kier molecular flexibility index (Phi) is 4.95. The zero-order valence-electron chi connectivity index (χ0n) is 11.8. The van der Waals surface area contributed by atoms with Gasteiger partial charge in [0.05, 0.1) is 11.6 Å². The first-order valence-electron chi connectivity index (χ1n) is 6.78. The van der Waals surface area contributed by atoms with E-state index in [9.17, 15) is 26.7 Å². The van der Waals surface area contributed by atoms with E-state index in [0.29, 0.717) is 19.0 Å². The van der Waals surface area contributed by atoms with Gasteiger partial charge in [0.1, 0.15) is 0 Å². The van der Waals surface area contributed by atoms with E-state index in [-0.39, 0.29) is 0 Å². The smallest absolute Gasteiger partial charge is 0.200 e. The van der Waals surface area contributed by atoms with Crippen LogP contribution in [0.25, 0.3) is 6.08 Å². The van der Waals surface area contributed by atoms with Crippen LogP contribution in [0, 0.1) is 29.1 Å². The van der Waals surface area contributed by atoms with Gasteiger partial charge >= 0.3 is 0 Å². The molecule has 1 saturated heterocycles. The molecule has 1 aromatic rings. The minimum absolute atomic E-state index is 0.425. The Morgan fingerprint density at radius 2 is 1.55 bits per heavy atom. The van der Waals surface area contributed by atoms with Crippen LogP contribution in [0.4, 0.5) is 22.0 Å². The maximum absolute atomic E-state index is 13.5. The first kappa shape index (κ1) is 16.6. The predicted molar refractivity (Wildman–Crippen MR) is 70.5 cm³/mol. The monoisotopic (exact) mass is 319 g/mol. The maximum Gasteiger partial charge on any atom is 0.200 e. The number of ketones is 1. The third-order valence-electron chi connectivity index (χ3n) is 3.76. The van der Waals surface area contributed by atoms with Crippen molar-refractivity contribution in [1.29, 1.82) is 0 Å². The summed E-state index contributed by atoms with van der Waals surface area (Å²) in [5, 5.41) is 0. The molecule has 0 saturated carbocycles. The first-order chi connectivity index (χ1) is 10.3. The molecular formula is C15H14F5NO. The molecule has 0 aromatic heterocycles. The lowest BCUT2D eigenvalue weighted by atomic mass is 9.98. The molecule has 0 bridgehead atoms. The van der Waals surface area contributed by atoms with E-state index >= 15 is 0 Å². The minimum Gasteiger partial charge on any atom is -0.296 e. The Morgan fingerprint density at radius 1 is 1.00 bits per heavy atom. The minimum atomic E-state index is -2.22. The van der Waals surface area contributed by atoms with Crippen LogP contribution in [0.5, 0.6) is 0 Å². The number of hydrogen-bond donors (Lipinski definition) is 0. The van der Waals surface area contributed by atoms with Crippen molar-refractivity contribution in [1.82, 2.24) is 4.90 Å². The molecule has 1 unspecified atom stereocenters. The Balaban J connectivity index is 2.29. The molecule has 0 spiro atoms. The molecule has 1 fully saturated rings. The first-order valence-corrected chi connectivity index (χ1v) is 6.78. The Hall–Kier alpha value is -1.76. The summed E-state index contributed by atoms with van der Waals surface area (Å²) in [5.74, 6) is -10.6. The summed E-state index contributed by atoms with van der Waals surface area (Å²) in [4.78, 5) is 13.8. The average molecular weight is 319 g/mol. The molecule has 22 heavy (non-hydrogen) atoms. The standard InChI is InChI=1S/C15H14F5NO/c1-21-7-3-2-4-9(21)10(22)6-5-8-11(16)13(18)15(20)14(19)12(8)17/h5-6,9H,2-4,7H2,1H3/b6-5-. The molecule has 1 aromatic carbocycles. The zero-order valence-corrected chi connectivity index (χ0v) is 11.8. The number of rotatable bonds is 3. The van der Waals surface area contributed by atoms with Crippen molar-refractivity contribution in [3.05, 3.63) is 40.7 Å². The fraction of sp³-hybridized carbons (Fsp3) is 0.400. The number of hydrogen-bond acceptors (Lipinski definition) is 2. The number of likely N-dealkylation sites (N-methyl/N-ethyl adjacent to an activating group) is 1. The number of nitrogens with zero attached hydrogens (tertiary/aromatic N) is 1. The normalized spacial score (nSPS) is 19.8. The van der Waals surface area contributed by atoms with Gasteiger partial charge in [-0.05, 0) is 38.6 Å². The largest absolute Gasteiger partial charge is 0.296 e. The highest BCUT2D eigenvalue weighted by Crippen LogP contribution is 2.24. The van der Waals surface area contributed by atoms with Crippen molar-refractivity contribution in [3.8, 4) is 0 Å². The van der Waals surface area contributed by atoms with E-state index in [2.05, 4.69) is 0 Å². The van der Waals surface area contributed by atoms with Crippen molar-refractivity contribution in [3.63, 3.8) is 0 Å². The summed E-state index contributed by atoms with van der Waals surface area (Å²) in [5.41, 5.74) is -1.11. The summed E-state index contributed by atoms with van der Waals surface area (Å²) in [7, 11) is 1.74. The topological polar surface area (TPSA) is 20.3 Å². The van der Waals surface area contributed by atoms with E-state index in [1.807, 2.05) is 0 Å². The predicted octanol–water partition coefficient (Wildman–Crippen LogP) is 3.45. The van der Waals surface area contributed by atoms with Gasteiger partial charge < -0.3 is 0 Å². The molecule has 1 atom stereocenters. The van der Waals surface area contributed by atoms with Gasteiger partial charge in [0.25, 0.3) is 0 Å². The molecule has 0 aliphatic carbocycles. The van der Waals surface area contributed by atoms with Gasteiger partial charge in [-0.2, -0.15) is 0 Å². The zero-order chi connectivity index (χ0) is 16.4. The van der Waals surface area contributed by atoms with Crippen LogP contribution >= 0.6 is 0 Å². The molecule has 2 rings (SSSR count). The molecule has 120 valence electrons. The Labute approximate surface area is 124 Å². The molecule has 0 amide bonds. The highest BCUT2D eigenvalue weighted by atomic mass is 19.2. The average Bonchev–Trinajstić information content (AvgIpc) is 2.51. The molecule has 2 nitrogen and oxygen atoms in total. The molecule has 7 heteroatoms. The van der Waals surface area contributed by atoms with Crippen molar-refractivity contribution in [2.24, 2.45) is 0 Å². The quantitative estimate of drug-likeness (QED) is 0.368. The van der Waals surface area contributed by atoms with E-state index in [0.717, 1.165) is 18.9 Å². The molecule has 1 aliphatic rings. The van der Waals surface area contributed by atoms with E-state index in [4.69, 9.17) is 0 Å². The van der Waals surface area contributed by atoms with Gasteiger partial charge in [-0.25, -0.2) is 22.0 Å². The number of benzene rings is 1. The molecular weight excluding hydrogens is 305 g/mol. The van der Waals surface area contributed by atoms with E-state index in [1.54, 1.807) is 11.9 Å². The van der Waals surface area contributed by atoms with Gasteiger partial charge in [0, 0.05) is 0 Å². The maximum atomic E-state index is 13.5. The lowest BCUT2D eigenvalue weighted by Crippen LogP contribution is -2.41. The van der Waals surface area contributed by atoms with Crippen LogP contribution in [0.15, 0.2) is 6.08 Å². The molecule has 0 N–H and O–H groups in total. The van der Waals surface area contributed by atoms with Gasteiger partial charge in [-0.1, -0.05) is 6.42 Å². The third kappa shape index (κ3) is 3.04. The van der Waals surface area contributed by atoms with Crippen molar-refractivity contribution >= 4 is 11.9 Å². The fourth-order valence-corrected chi connectivity index (χ4v) is 2.48. The van der Waals surface area contributed by atoms with E-state index < -0.39 is 46.5 Å². The van der Waals surface area contributed by atoms with Crippen molar-refractivity contribution in [2.45, 2.75) is 25.3 Å². The van der Waals surface area contributed by atoms with Gasteiger partial charge in [-0.3, -0.25) is 9.69 Å². The Bertz CT molecular complexity index is 600. The Morgan fingerprint density at radius 3 is 2.09 bits per heavy atom. The van der Waals surface area contributed by atoms with Crippen LogP contribution in [-0.2, 0) is 4.79 Å². The number of piperidine rings is 1. The second-order valence-electron chi connectivity index (χ2n) is 5.21. The van der Waals surface area contributed by atoms with Crippen LogP contribution in [-0.4, -0.2) is 30.3 Å². The van der Waals surface area contributed by atoms with Crippen molar-refractivity contribution in [2.75, 3.05) is 13.6 Å². The lowest BCUT2D eigenvalue weighted by molar-refractivity contribution is -0.120. The van der Waals surface area contributed by atoms with Crippen LogP contribution in [0.2, 0.25) is 0 Å². The number of carbonyl (C=O) groups is 1. The summed E-state index contributed by atoms with van der Waals surface area (Å²) < 4.78 is 66.0. The third-order valence-corrected chi connectivity index (χ3v) is 3.76. The van der Waals surface area contributed by atoms with Crippen molar-refractivity contribution < 1.29 is 26.7 Å². The number of likely N-dealkylation sites (tertiary alicyclic amines) is 1. The number of carbonyl (C=O) groups excluding carboxylic acids is 1. The van der Waals surface area contributed by atoms with Crippen LogP contribution < -0.4 is 0 Å². The van der Waals surface area contributed by atoms with Crippen LogP contribution in [0.3, 0.4) is 0 Å². The van der Waals surface area contributed by atoms with Gasteiger partial charge in [0.15, 0.2) is 29.1 Å². The van der Waals surface area contributed by atoms with E-state index in [1.165, 1.54) is 0 Å². The SMILES string of the molecule is CN1CCCCC1C(=O)/C=C\c1c(F)c(F)c(F)c(F)c1F. The summed E-state index contributed by atoms with van der Waals surface area (Å²) in [6, 6.07) is -0.439. The lowest BCUT2D eigenvalue weighted by Gasteiger charge is -2.30. The molecule has 1 aliphatic heterocycles. The summed E-state index contributed by atoms with van der Waals surface area (Å²) in [6.07, 6.45) is 3.89. The molecule has 0 radical (unpaired) electrons. The van der Waals surface area contributed by atoms with Gasteiger partial charge in [-0.15, -0.1) is 0 Å². The molecule has 1 heterocycles. The fourth-order valence-electron chi connectivity index (χ4n) is 2.48. The summed E-state index contributed by atoms with van der Waals surface area (Å²) in [6.45, 7) is 0.715.